The van der Waals surface area contributed by atoms with Crippen LogP contribution < -0.4 is 33.8 Å². The Morgan fingerprint density at radius 1 is 1.07 bits per heavy atom. The quantitative estimate of drug-likeness (QED) is 0.221. The molecule has 0 bridgehead atoms. The lowest BCUT2D eigenvalue weighted by Gasteiger charge is -2.25. The number of para-hydroxylation sites is 1. The van der Waals surface area contributed by atoms with Crippen molar-refractivity contribution in [2.45, 2.75) is 19.9 Å². The zero-order valence-electron chi connectivity index (χ0n) is 22.7. The Morgan fingerprint density at radius 3 is 2.48 bits per heavy atom. The van der Waals surface area contributed by atoms with Crippen molar-refractivity contribution < 1.29 is 33.3 Å². The Morgan fingerprint density at radius 2 is 1.82 bits per heavy atom. The van der Waals surface area contributed by atoms with Gasteiger partial charge in [0.25, 0.3) is 5.56 Å². The number of carbonyl (C=O) groups excluding carboxylic acids is 2. The third-order valence-corrected chi connectivity index (χ3v) is 7.03. The van der Waals surface area contributed by atoms with E-state index in [9.17, 15) is 14.4 Å². The molecule has 0 fully saturated rings. The van der Waals surface area contributed by atoms with Gasteiger partial charge in [0.15, 0.2) is 27.8 Å². The third kappa shape index (κ3) is 5.41. The zero-order valence-corrected chi connectivity index (χ0v) is 23.5. The molecule has 208 valence electrons. The van der Waals surface area contributed by atoms with Gasteiger partial charge in [0.1, 0.15) is 6.61 Å². The molecule has 0 radical (unpaired) electrons. The normalized spacial score (nSPS) is 14.6. The summed E-state index contributed by atoms with van der Waals surface area (Å²) in [6.45, 7) is 6.55. The van der Waals surface area contributed by atoms with Crippen molar-refractivity contribution in [2.24, 2.45) is 4.99 Å². The summed E-state index contributed by atoms with van der Waals surface area (Å²) in [6, 6.07) is 9.28. The highest BCUT2D eigenvalue weighted by molar-refractivity contribution is 7.07. The molecule has 1 unspecified atom stereocenters. The number of fused-ring (bicyclic) bond motifs is 1. The minimum absolute atomic E-state index is 0.0168. The van der Waals surface area contributed by atoms with Crippen LogP contribution >= 0.6 is 11.3 Å². The van der Waals surface area contributed by atoms with Crippen LogP contribution in [0.25, 0.3) is 6.08 Å². The molecule has 0 amide bonds. The van der Waals surface area contributed by atoms with Crippen LogP contribution in [0, 0.1) is 0 Å². The van der Waals surface area contributed by atoms with Gasteiger partial charge in [0.2, 0.25) is 0 Å². The van der Waals surface area contributed by atoms with Gasteiger partial charge in [0, 0.05) is 12.5 Å². The lowest BCUT2D eigenvalue weighted by Crippen LogP contribution is -2.40. The predicted molar refractivity (Wildman–Crippen MR) is 149 cm³/mol. The van der Waals surface area contributed by atoms with Crippen LogP contribution in [-0.2, 0) is 14.3 Å². The smallest absolute Gasteiger partial charge is 0.338 e. The number of allylic oxidation sites excluding steroid dienone is 1. The molecule has 0 N–H and O–H groups in total. The molecule has 40 heavy (non-hydrogen) atoms. The van der Waals surface area contributed by atoms with E-state index in [4.69, 9.17) is 23.7 Å². The van der Waals surface area contributed by atoms with E-state index in [1.54, 1.807) is 49.4 Å². The molecule has 0 aliphatic carbocycles. The van der Waals surface area contributed by atoms with E-state index in [0.29, 0.717) is 37.7 Å². The number of ether oxygens (including phenoxy) is 5. The maximum atomic E-state index is 13.9. The molecule has 2 aromatic carbocycles. The fourth-order valence-electron chi connectivity index (χ4n) is 4.37. The van der Waals surface area contributed by atoms with Gasteiger partial charge in [-0.1, -0.05) is 42.2 Å². The van der Waals surface area contributed by atoms with Gasteiger partial charge in [-0.3, -0.25) is 14.2 Å². The standard InChI is InChI=1S/C29H28N2O8S/c1-7-13-38-28(34)24-16(2)30-29-31(25(24)18-11-12-20(39-17(3)32)22(14-18)36-5)27(33)23(40-29)15-19-9-8-10-21(35-4)26(19)37-6/h7-12,14-15,25H,1,13H2,2-6H3/b23-15-. The summed E-state index contributed by atoms with van der Waals surface area (Å²) in [5.41, 5.74) is 1.37. The molecular formula is C29H28N2O8S. The summed E-state index contributed by atoms with van der Waals surface area (Å²) in [6.07, 6.45) is 3.15. The minimum atomic E-state index is -0.900. The Labute approximate surface area is 234 Å². The molecule has 1 aliphatic heterocycles. The Kier molecular flexibility index (Phi) is 8.54. The van der Waals surface area contributed by atoms with E-state index >= 15 is 0 Å². The summed E-state index contributed by atoms with van der Waals surface area (Å²) in [4.78, 5) is 43.7. The SMILES string of the molecule is C=CCOC(=O)C1=C(C)N=c2s/c(=C\c3cccc(OC)c3OC)c(=O)n2C1c1ccc(OC(C)=O)c(OC)c1. The van der Waals surface area contributed by atoms with Gasteiger partial charge < -0.3 is 23.7 Å². The fourth-order valence-corrected chi connectivity index (χ4v) is 5.41. The number of rotatable bonds is 9. The van der Waals surface area contributed by atoms with E-state index in [1.807, 2.05) is 0 Å². The van der Waals surface area contributed by atoms with Gasteiger partial charge in [-0.15, -0.1) is 0 Å². The molecule has 2 heterocycles. The lowest BCUT2D eigenvalue weighted by molar-refractivity contribution is -0.138. The number of methoxy groups -OCH3 is 3. The first-order valence-corrected chi connectivity index (χ1v) is 12.9. The van der Waals surface area contributed by atoms with Crippen LogP contribution in [0.5, 0.6) is 23.0 Å². The molecule has 1 aromatic heterocycles. The molecule has 11 heteroatoms. The first-order valence-electron chi connectivity index (χ1n) is 12.1. The molecule has 1 aliphatic rings. The molecule has 3 aromatic rings. The Hall–Kier alpha value is -4.64. The second kappa shape index (κ2) is 12.0. The van der Waals surface area contributed by atoms with Crippen LogP contribution in [0.4, 0.5) is 0 Å². The number of esters is 2. The Balaban J connectivity index is 1.97. The van der Waals surface area contributed by atoms with Crippen LogP contribution in [0.1, 0.15) is 31.0 Å². The number of benzene rings is 2. The van der Waals surface area contributed by atoms with Gasteiger partial charge >= 0.3 is 11.9 Å². The summed E-state index contributed by atoms with van der Waals surface area (Å²) in [5.74, 6) is 0.291. The maximum absolute atomic E-state index is 13.9. The zero-order chi connectivity index (χ0) is 29.0. The number of nitrogens with zero attached hydrogens (tertiary/aromatic N) is 2. The van der Waals surface area contributed by atoms with E-state index in [1.165, 1.54) is 50.2 Å². The number of aromatic nitrogens is 1. The first-order chi connectivity index (χ1) is 19.2. The first kappa shape index (κ1) is 28.4. The largest absolute Gasteiger partial charge is 0.493 e. The average molecular weight is 565 g/mol. The number of carbonyl (C=O) groups is 2. The second-order valence-corrected chi connectivity index (χ2v) is 9.56. The predicted octanol–water partition coefficient (Wildman–Crippen LogP) is 2.92. The molecule has 1 atom stereocenters. The van der Waals surface area contributed by atoms with Crippen molar-refractivity contribution in [3.63, 3.8) is 0 Å². The van der Waals surface area contributed by atoms with E-state index < -0.39 is 18.0 Å². The summed E-state index contributed by atoms with van der Waals surface area (Å²) in [5, 5.41) is 0. The molecule has 0 spiro atoms. The molecule has 0 saturated carbocycles. The van der Waals surface area contributed by atoms with Gasteiger partial charge in [-0.25, -0.2) is 9.79 Å². The van der Waals surface area contributed by atoms with Gasteiger partial charge in [-0.2, -0.15) is 0 Å². The second-order valence-electron chi connectivity index (χ2n) is 8.56. The molecule has 4 rings (SSSR count). The highest BCUT2D eigenvalue weighted by Gasteiger charge is 2.34. The number of hydrogen-bond donors (Lipinski definition) is 0. The van der Waals surface area contributed by atoms with Crippen molar-refractivity contribution in [3.05, 3.63) is 91.1 Å². The molecule has 0 saturated heterocycles. The molecule has 10 nitrogen and oxygen atoms in total. The lowest BCUT2D eigenvalue weighted by atomic mass is 9.95. The Bertz CT molecular complexity index is 1700. The van der Waals surface area contributed by atoms with Crippen molar-refractivity contribution in [1.29, 1.82) is 0 Å². The average Bonchev–Trinajstić information content (AvgIpc) is 3.24. The highest BCUT2D eigenvalue weighted by Crippen LogP contribution is 2.36. The van der Waals surface area contributed by atoms with E-state index in [-0.39, 0.29) is 29.2 Å². The topological polar surface area (TPSA) is 115 Å². The van der Waals surface area contributed by atoms with Crippen molar-refractivity contribution in [1.82, 2.24) is 4.57 Å². The van der Waals surface area contributed by atoms with Crippen LogP contribution in [0.2, 0.25) is 0 Å². The number of hydrogen-bond acceptors (Lipinski definition) is 10. The van der Waals surface area contributed by atoms with Gasteiger partial charge in [-0.05, 0) is 36.8 Å². The maximum Gasteiger partial charge on any atom is 0.338 e. The molecular weight excluding hydrogens is 536 g/mol. The summed E-state index contributed by atoms with van der Waals surface area (Å²) >= 11 is 1.17. The van der Waals surface area contributed by atoms with Crippen LogP contribution in [0.3, 0.4) is 0 Å². The van der Waals surface area contributed by atoms with Crippen LogP contribution in [-0.4, -0.2) is 44.4 Å². The minimum Gasteiger partial charge on any atom is -0.493 e. The highest BCUT2D eigenvalue weighted by atomic mass is 32.1. The van der Waals surface area contributed by atoms with Crippen molar-refractivity contribution >= 4 is 29.4 Å². The fraction of sp³-hybridized carbons (Fsp3) is 0.241. The third-order valence-electron chi connectivity index (χ3n) is 6.05. The summed E-state index contributed by atoms with van der Waals surface area (Å²) < 4.78 is 28.8. The number of thiazole rings is 1. The van der Waals surface area contributed by atoms with Gasteiger partial charge in [0.05, 0.1) is 43.2 Å². The monoisotopic (exact) mass is 564 g/mol. The van der Waals surface area contributed by atoms with Crippen LogP contribution in [0.15, 0.2) is 70.1 Å². The van der Waals surface area contributed by atoms with E-state index in [2.05, 4.69) is 11.6 Å². The van der Waals surface area contributed by atoms with Crippen molar-refractivity contribution in [2.75, 3.05) is 27.9 Å². The summed E-state index contributed by atoms with van der Waals surface area (Å²) in [7, 11) is 4.49. The van der Waals surface area contributed by atoms with Crippen molar-refractivity contribution in [3.8, 4) is 23.0 Å². The van der Waals surface area contributed by atoms with E-state index in [0.717, 1.165) is 0 Å².